The van der Waals surface area contributed by atoms with Crippen LogP contribution >= 0.6 is 11.6 Å². The predicted octanol–water partition coefficient (Wildman–Crippen LogP) is 2.24. The van der Waals surface area contributed by atoms with Crippen LogP contribution in [0.2, 0.25) is 5.02 Å². The smallest absolute Gasteiger partial charge is 0.186 e. The fourth-order valence-corrected chi connectivity index (χ4v) is 0.775. The summed E-state index contributed by atoms with van der Waals surface area (Å²) in [6.45, 7) is 2.21. The second-order valence-electron chi connectivity index (χ2n) is 2.02. The van der Waals surface area contributed by atoms with Gasteiger partial charge in [-0.2, -0.15) is 0 Å². The van der Waals surface area contributed by atoms with E-state index in [0.717, 1.165) is 6.07 Å². The van der Waals surface area contributed by atoms with Crippen LogP contribution in [0.3, 0.4) is 0 Å². The molecule has 1 heterocycles. The van der Waals surface area contributed by atoms with E-state index in [9.17, 15) is 4.39 Å². The maximum Gasteiger partial charge on any atom is 0.186 e. The molecule has 0 amide bonds. The summed E-state index contributed by atoms with van der Waals surface area (Å²) < 4.78 is 12.9. The lowest BCUT2D eigenvalue weighted by Gasteiger charge is -2.04. The van der Waals surface area contributed by atoms with Gasteiger partial charge >= 0.3 is 0 Å². The third kappa shape index (κ3) is 2.32. The van der Waals surface area contributed by atoms with Crippen LogP contribution in [0.1, 0.15) is 6.92 Å². The molecule has 0 bridgehead atoms. The summed E-state index contributed by atoms with van der Waals surface area (Å²) in [4.78, 5) is 8.42. The Labute approximate surface area is 74.5 Å². The lowest BCUT2D eigenvalue weighted by Crippen LogP contribution is -2.03. The van der Waals surface area contributed by atoms with Crippen LogP contribution in [-0.2, 0) is 4.84 Å². The minimum Gasteiger partial charge on any atom is -0.275 e. The zero-order chi connectivity index (χ0) is 8.97. The Morgan fingerprint density at radius 1 is 1.75 bits per heavy atom. The molecule has 0 unspecified atom stereocenters. The normalized spacial score (nSPS) is 9.92. The van der Waals surface area contributed by atoms with E-state index in [1.54, 1.807) is 6.92 Å². The van der Waals surface area contributed by atoms with Crippen molar-refractivity contribution in [3.05, 3.63) is 23.1 Å². The number of hydrogen-bond donors (Lipinski definition) is 1. The summed E-state index contributed by atoms with van der Waals surface area (Å²) >= 11 is 5.48. The Morgan fingerprint density at radius 3 is 3.08 bits per heavy atom. The Balaban J connectivity index is 2.72. The SMILES string of the molecule is CCONc1ncc(Cl)cc1F. The molecule has 66 valence electrons. The predicted molar refractivity (Wildman–Crippen MR) is 44.5 cm³/mol. The van der Waals surface area contributed by atoms with E-state index >= 15 is 0 Å². The Bertz CT molecular complexity index is 270. The molecule has 0 saturated carbocycles. The van der Waals surface area contributed by atoms with Gasteiger partial charge in [0.25, 0.3) is 0 Å². The maximum absolute atomic E-state index is 12.9. The Morgan fingerprint density at radius 2 is 2.50 bits per heavy atom. The first-order chi connectivity index (χ1) is 5.74. The molecule has 1 aromatic rings. The van der Waals surface area contributed by atoms with Gasteiger partial charge in [0.15, 0.2) is 11.6 Å². The molecule has 0 aliphatic carbocycles. The van der Waals surface area contributed by atoms with Crippen molar-refractivity contribution in [2.24, 2.45) is 0 Å². The molecule has 5 heteroatoms. The highest BCUT2D eigenvalue weighted by molar-refractivity contribution is 6.30. The number of rotatable bonds is 3. The van der Waals surface area contributed by atoms with Crippen molar-refractivity contribution in [2.45, 2.75) is 6.92 Å². The second kappa shape index (κ2) is 4.23. The molecule has 0 aromatic carbocycles. The molecule has 1 rings (SSSR count). The quantitative estimate of drug-likeness (QED) is 0.743. The summed E-state index contributed by atoms with van der Waals surface area (Å²) in [6, 6.07) is 1.16. The fraction of sp³-hybridized carbons (Fsp3) is 0.286. The molecule has 0 saturated heterocycles. The van der Waals surface area contributed by atoms with Crippen LogP contribution in [-0.4, -0.2) is 11.6 Å². The third-order valence-electron chi connectivity index (χ3n) is 1.12. The first-order valence-electron chi connectivity index (χ1n) is 3.43. The van der Waals surface area contributed by atoms with Gasteiger partial charge in [-0.1, -0.05) is 11.6 Å². The maximum atomic E-state index is 12.9. The first kappa shape index (κ1) is 9.22. The summed E-state index contributed by atoms with van der Waals surface area (Å²) in [5.41, 5.74) is 2.35. The summed E-state index contributed by atoms with van der Waals surface area (Å²) in [5.74, 6) is -0.489. The molecular weight excluding hydrogens is 183 g/mol. The zero-order valence-electron chi connectivity index (χ0n) is 6.47. The number of pyridine rings is 1. The lowest BCUT2D eigenvalue weighted by atomic mass is 10.4. The minimum atomic E-state index is -0.532. The van der Waals surface area contributed by atoms with Gasteiger partial charge in [-0.05, 0) is 13.0 Å². The summed E-state index contributed by atoms with van der Waals surface area (Å²) in [5, 5.41) is 0.259. The van der Waals surface area contributed by atoms with Crippen molar-refractivity contribution < 1.29 is 9.23 Å². The van der Waals surface area contributed by atoms with E-state index in [4.69, 9.17) is 16.4 Å². The van der Waals surface area contributed by atoms with Crippen LogP contribution in [0.15, 0.2) is 12.3 Å². The summed E-state index contributed by atoms with van der Waals surface area (Å²) in [6.07, 6.45) is 1.34. The largest absolute Gasteiger partial charge is 0.275 e. The van der Waals surface area contributed by atoms with Crippen molar-refractivity contribution in [1.29, 1.82) is 0 Å². The van der Waals surface area contributed by atoms with E-state index in [0.29, 0.717) is 6.61 Å². The van der Waals surface area contributed by atoms with Gasteiger partial charge in [0.2, 0.25) is 0 Å². The Hall–Kier alpha value is -0.870. The van der Waals surface area contributed by atoms with Crippen molar-refractivity contribution in [3.63, 3.8) is 0 Å². The van der Waals surface area contributed by atoms with Crippen LogP contribution < -0.4 is 5.48 Å². The van der Waals surface area contributed by atoms with Crippen LogP contribution in [0.4, 0.5) is 10.2 Å². The third-order valence-corrected chi connectivity index (χ3v) is 1.33. The van der Waals surface area contributed by atoms with E-state index in [1.165, 1.54) is 6.20 Å². The van der Waals surface area contributed by atoms with Gasteiger partial charge in [-0.25, -0.2) is 14.9 Å². The second-order valence-corrected chi connectivity index (χ2v) is 2.46. The highest BCUT2D eigenvalue weighted by Crippen LogP contribution is 2.14. The monoisotopic (exact) mass is 190 g/mol. The molecule has 0 spiro atoms. The number of anilines is 1. The molecule has 0 atom stereocenters. The van der Waals surface area contributed by atoms with Crippen molar-refractivity contribution in [2.75, 3.05) is 12.1 Å². The van der Waals surface area contributed by atoms with E-state index < -0.39 is 5.82 Å². The van der Waals surface area contributed by atoms with Gasteiger partial charge in [0.05, 0.1) is 11.6 Å². The van der Waals surface area contributed by atoms with Gasteiger partial charge < -0.3 is 0 Å². The van der Waals surface area contributed by atoms with Crippen molar-refractivity contribution in [1.82, 2.24) is 4.98 Å². The van der Waals surface area contributed by atoms with E-state index in [2.05, 4.69) is 10.5 Å². The van der Waals surface area contributed by atoms with Gasteiger partial charge in [-0.3, -0.25) is 4.84 Å². The highest BCUT2D eigenvalue weighted by atomic mass is 35.5. The summed E-state index contributed by atoms with van der Waals surface area (Å²) in [7, 11) is 0. The lowest BCUT2D eigenvalue weighted by molar-refractivity contribution is 0.207. The fourth-order valence-electron chi connectivity index (χ4n) is 0.630. The average Bonchev–Trinajstić information content (AvgIpc) is 2.03. The number of aromatic nitrogens is 1. The molecule has 1 N–H and O–H groups in total. The molecule has 3 nitrogen and oxygen atoms in total. The van der Waals surface area contributed by atoms with Gasteiger partial charge in [0.1, 0.15) is 0 Å². The number of nitrogens with zero attached hydrogens (tertiary/aromatic N) is 1. The molecular formula is C7H8ClFN2O. The van der Waals surface area contributed by atoms with E-state index in [1.807, 2.05) is 0 Å². The van der Waals surface area contributed by atoms with Crippen LogP contribution in [0.5, 0.6) is 0 Å². The molecule has 0 aliphatic heterocycles. The van der Waals surface area contributed by atoms with Crippen molar-refractivity contribution >= 4 is 17.4 Å². The first-order valence-corrected chi connectivity index (χ1v) is 3.80. The molecule has 0 aliphatic rings. The minimum absolute atomic E-state index is 0.0428. The molecule has 0 radical (unpaired) electrons. The van der Waals surface area contributed by atoms with Crippen molar-refractivity contribution in [3.8, 4) is 0 Å². The van der Waals surface area contributed by atoms with E-state index in [-0.39, 0.29) is 10.8 Å². The van der Waals surface area contributed by atoms with Gasteiger partial charge in [-0.15, -0.1) is 0 Å². The van der Waals surface area contributed by atoms with Crippen LogP contribution in [0.25, 0.3) is 0 Å². The zero-order valence-corrected chi connectivity index (χ0v) is 7.23. The number of nitrogens with one attached hydrogen (secondary N) is 1. The highest BCUT2D eigenvalue weighted by Gasteiger charge is 2.02. The van der Waals surface area contributed by atoms with Crippen LogP contribution in [0, 0.1) is 5.82 Å². The Kier molecular flexibility index (Phi) is 3.25. The van der Waals surface area contributed by atoms with Gasteiger partial charge in [0, 0.05) is 6.20 Å². The number of hydrogen-bond acceptors (Lipinski definition) is 3. The topological polar surface area (TPSA) is 34.1 Å². The molecule has 12 heavy (non-hydrogen) atoms. The average molecular weight is 191 g/mol. The number of halogens is 2. The molecule has 0 fully saturated rings. The standard InChI is InChI=1S/C7H8ClFN2O/c1-2-12-11-7-6(9)3-5(8)4-10-7/h3-4H,2H2,1H3,(H,10,11). The molecule has 1 aromatic heterocycles.